The summed E-state index contributed by atoms with van der Waals surface area (Å²) in [7, 11) is 0. The molecule has 0 aliphatic heterocycles. The molecule has 0 rings (SSSR count). The van der Waals surface area contributed by atoms with Crippen molar-refractivity contribution in [2.75, 3.05) is 0 Å². The van der Waals surface area contributed by atoms with E-state index in [4.69, 9.17) is 0 Å². The van der Waals surface area contributed by atoms with Gasteiger partial charge >= 0.3 is 51.4 Å². The van der Waals surface area contributed by atoms with Crippen LogP contribution < -0.4 is 56.5 Å². The fourth-order valence-electron chi connectivity index (χ4n) is 0. The first-order valence-corrected chi connectivity index (χ1v) is 2.65. The second-order valence-electron chi connectivity index (χ2n) is 2.76. The van der Waals surface area contributed by atoms with Gasteiger partial charge in [-0.25, -0.2) is 0 Å². The fourth-order valence-corrected chi connectivity index (χ4v) is 0. The summed E-state index contributed by atoms with van der Waals surface area (Å²) in [5, 5.41) is 10.8. The summed E-state index contributed by atoms with van der Waals surface area (Å²) in [5.74, 6) is 0.243. The largest absolute Gasteiger partial charge is 1.00 e. The van der Waals surface area contributed by atoms with E-state index in [1.807, 2.05) is 13.8 Å². The summed E-state index contributed by atoms with van der Waals surface area (Å²) in [6, 6.07) is 0. The third-order valence-corrected chi connectivity index (χ3v) is 1.39. The van der Waals surface area contributed by atoms with Crippen LogP contribution in [0.25, 0.3) is 0 Å². The Balaban J connectivity index is 0. The Morgan fingerprint density at radius 3 is 1.38 bits per heavy atom. The smallest absolute Gasteiger partial charge is 0.850 e. The molecule has 0 saturated heterocycles. The van der Waals surface area contributed by atoms with Gasteiger partial charge < -0.3 is 5.11 Å². The Bertz CT molecular complexity index is 54.0. The maximum atomic E-state index is 10.8. The fraction of sp³-hybridized carbons (Fsp3) is 1.00. The third-order valence-electron chi connectivity index (χ3n) is 1.39. The molecule has 0 spiro atoms. The molecule has 0 aromatic heterocycles. The number of rotatable bonds is 1. The molecule has 0 bridgehead atoms. The van der Waals surface area contributed by atoms with Crippen molar-refractivity contribution in [2.24, 2.45) is 5.92 Å². The van der Waals surface area contributed by atoms with Crippen molar-refractivity contribution < 1.29 is 56.5 Å². The summed E-state index contributed by atoms with van der Waals surface area (Å²) >= 11 is 0. The van der Waals surface area contributed by atoms with Gasteiger partial charge in [-0.3, -0.25) is 0 Å². The van der Waals surface area contributed by atoms with Gasteiger partial charge in [0.1, 0.15) is 0 Å². The van der Waals surface area contributed by atoms with Gasteiger partial charge in [0.25, 0.3) is 0 Å². The first-order valence-electron chi connectivity index (χ1n) is 2.65. The molecule has 0 amide bonds. The summed E-state index contributed by atoms with van der Waals surface area (Å²) in [6.45, 7) is 7.29. The van der Waals surface area contributed by atoms with Gasteiger partial charge in [0.15, 0.2) is 0 Å². The molecule has 0 atom stereocenters. The molecule has 0 saturated carbocycles. The molecule has 0 aromatic carbocycles. The Morgan fingerprint density at radius 1 is 1.25 bits per heavy atom. The van der Waals surface area contributed by atoms with Crippen molar-refractivity contribution in [1.82, 2.24) is 0 Å². The van der Waals surface area contributed by atoms with Crippen LogP contribution in [0.1, 0.15) is 27.7 Å². The Morgan fingerprint density at radius 2 is 1.38 bits per heavy atom. The number of hydrogen-bond donors (Lipinski definition) is 0. The van der Waals surface area contributed by atoms with Gasteiger partial charge in [-0.05, 0) is 0 Å². The van der Waals surface area contributed by atoms with Crippen LogP contribution >= 0.6 is 0 Å². The molecule has 44 valence electrons. The van der Waals surface area contributed by atoms with E-state index < -0.39 is 5.60 Å². The van der Waals surface area contributed by atoms with Crippen molar-refractivity contribution in [2.45, 2.75) is 33.3 Å². The quantitative estimate of drug-likeness (QED) is 0.379. The van der Waals surface area contributed by atoms with E-state index in [2.05, 4.69) is 0 Å². The zero-order chi connectivity index (χ0) is 6.08. The van der Waals surface area contributed by atoms with E-state index >= 15 is 0 Å². The Hall–Kier alpha value is 1.60. The average molecular weight is 140 g/mol. The van der Waals surface area contributed by atoms with Crippen LogP contribution in [-0.2, 0) is 0 Å². The van der Waals surface area contributed by atoms with Crippen LogP contribution in [0.4, 0.5) is 0 Å². The minimum Gasteiger partial charge on any atom is -0.850 e. The molecular weight excluding hydrogens is 127 g/mol. The molecule has 0 aromatic rings. The second kappa shape index (κ2) is 4.42. The van der Waals surface area contributed by atoms with E-state index in [9.17, 15) is 5.11 Å². The van der Waals surface area contributed by atoms with Crippen molar-refractivity contribution in [3.8, 4) is 0 Å². The molecule has 2 heteroatoms. The van der Waals surface area contributed by atoms with E-state index in [0.717, 1.165) is 0 Å². The van der Waals surface area contributed by atoms with Gasteiger partial charge in [-0.1, -0.05) is 33.6 Å². The van der Waals surface area contributed by atoms with E-state index in [1.54, 1.807) is 13.8 Å². The van der Waals surface area contributed by atoms with Crippen molar-refractivity contribution in [3.63, 3.8) is 0 Å². The molecule has 0 N–H and O–H groups in total. The molecule has 0 unspecified atom stereocenters. The summed E-state index contributed by atoms with van der Waals surface area (Å²) in [5.41, 5.74) is -0.750. The standard InChI is InChI=1S/C6H13O.K/c1-5(2)6(3,4)7;/h5H,1-4H3;/q-1;+1. The van der Waals surface area contributed by atoms with Gasteiger partial charge in [0.2, 0.25) is 0 Å². The molecule has 0 heterocycles. The molecular formula is C6H13KO. The van der Waals surface area contributed by atoms with Gasteiger partial charge in [0, 0.05) is 0 Å². The molecule has 0 aliphatic carbocycles. The summed E-state index contributed by atoms with van der Waals surface area (Å²) < 4.78 is 0. The normalized spacial score (nSPS) is 11.2. The van der Waals surface area contributed by atoms with Crippen LogP contribution in [0.3, 0.4) is 0 Å². The molecule has 1 nitrogen and oxygen atoms in total. The topological polar surface area (TPSA) is 23.1 Å². The van der Waals surface area contributed by atoms with E-state index in [1.165, 1.54) is 0 Å². The van der Waals surface area contributed by atoms with Crippen LogP contribution in [0, 0.1) is 5.92 Å². The Kier molecular flexibility index (Phi) is 6.79. The van der Waals surface area contributed by atoms with E-state index in [0.29, 0.717) is 0 Å². The first-order chi connectivity index (χ1) is 2.94. The second-order valence-corrected chi connectivity index (χ2v) is 2.76. The van der Waals surface area contributed by atoms with Crippen molar-refractivity contribution in [1.29, 1.82) is 0 Å². The maximum Gasteiger partial charge on any atom is 1.00 e. The van der Waals surface area contributed by atoms with Crippen LogP contribution in [0.5, 0.6) is 0 Å². The number of hydrogen-bond acceptors (Lipinski definition) is 1. The molecule has 0 fully saturated rings. The monoisotopic (exact) mass is 140 g/mol. The first kappa shape index (κ1) is 12.3. The van der Waals surface area contributed by atoms with Gasteiger partial charge in [-0.2, -0.15) is 0 Å². The summed E-state index contributed by atoms with van der Waals surface area (Å²) in [6.07, 6.45) is 0. The van der Waals surface area contributed by atoms with Crippen molar-refractivity contribution >= 4 is 0 Å². The van der Waals surface area contributed by atoms with Crippen LogP contribution in [0.2, 0.25) is 0 Å². The maximum absolute atomic E-state index is 10.8. The zero-order valence-corrected chi connectivity index (χ0v) is 9.61. The molecule has 0 radical (unpaired) electrons. The summed E-state index contributed by atoms with van der Waals surface area (Å²) in [4.78, 5) is 0. The zero-order valence-electron chi connectivity index (χ0n) is 6.49. The van der Waals surface area contributed by atoms with Crippen LogP contribution in [0.15, 0.2) is 0 Å². The minimum absolute atomic E-state index is 0. The predicted octanol–water partition coefficient (Wildman–Crippen LogP) is -2.21. The van der Waals surface area contributed by atoms with Gasteiger partial charge in [-0.15, -0.1) is 5.60 Å². The SMILES string of the molecule is CC(C)C(C)(C)[O-].[K+]. The van der Waals surface area contributed by atoms with Crippen LogP contribution in [-0.4, -0.2) is 5.60 Å². The minimum atomic E-state index is -0.750. The average Bonchev–Trinajstić information content (AvgIpc) is 1.31. The van der Waals surface area contributed by atoms with E-state index in [-0.39, 0.29) is 57.3 Å². The Labute approximate surface area is 94.3 Å². The molecule has 8 heavy (non-hydrogen) atoms. The van der Waals surface area contributed by atoms with Crippen molar-refractivity contribution in [3.05, 3.63) is 0 Å². The third kappa shape index (κ3) is 5.73. The predicted molar refractivity (Wildman–Crippen MR) is 28.9 cm³/mol. The van der Waals surface area contributed by atoms with Gasteiger partial charge in [0.05, 0.1) is 0 Å². The molecule has 0 aliphatic rings.